The second-order valence-corrected chi connectivity index (χ2v) is 9.02. The van der Waals surface area contributed by atoms with Crippen molar-refractivity contribution in [3.63, 3.8) is 0 Å². The molecule has 3 aliphatic carbocycles. The Hall–Kier alpha value is -2.89. The molecule has 6 heteroatoms. The zero-order valence-electron chi connectivity index (χ0n) is 17.8. The summed E-state index contributed by atoms with van der Waals surface area (Å²) in [5.74, 6) is 0.0979. The Labute approximate surface area is 182 Å². The number of carbonyl (C=O) groups is 2. The van der Waals surface area contributed by atoms with Gasteiger partial charge in [0.15, 0.2) is 0 Å². The Morgan fingerprint density at radius 2 is 1.84 bits per heavy atom. The minimum absolute atomic E-state index is 0.341. The van der Waals surface area contributed by atoms with E-state index in [-0.39, 0.29) is 12.0 Å². The van der Waals surface area contributed by atoms with Gasteiger partial charge in [-0.1, -0.05) is 12.1 Å². The molecule has 162 valence electrons. The minimum Gasteiger partial charge on any atom is -0.464 e. The number of nitrogens with one attached hydrogen (secondary N) is 2. The zero-order valence-corrected chi connectivity index (χ0v) is 17.8. The number of anilines is 1. The van der Waals surface area contributed by atoms with E-state index in [4.69, 9.17) is 4.74 Å². The highest BCUT2D eigenvalue weighted by Gasteiger charge is 2.29. The third-order valence-corrected chi connectivity index (χ3v) is 6.62. The molecule has 31 heavy (non-hydrogen) atoms. The number of aryl methyl sites for hydroxylation is 2. The van der Waals surface area contributed by atoms with Crippen molar-refractivity contribution in [1.29, 1.82) is 0 Å². The van der Waals surface area contributed by atoms with Crippen molar-refractivity contribution < 1.29 is 14.3 Å². The number of hydrogen-bond donors (Lipinski definition) is 2. The molecule has 0 spiro atoms. The molecule has 2 N–H and O–H groups in total. The van der Waals surface area contributed by atoms with E-state index in [0.717, 1.165) is 62.6 Å². The van der Waals surface area contributed by atoms with Crippen LogP contribution in [0.1, 0.15) is 53.5 Å². The average molecular weight is 420 g/mol. The smallest absolute Gasteiger partial charge is 0.329 e. The molecule has 3 aliphatic rings. The van der Waals surface area contributed by atoms with Gasteiger partial charge in [-0.05, 0) is 91.2 Å². The standard InChI is InChI=1S/C25H29N3O3/c29-24(31-15-16-9-10-16)22(12-17-4-3-11-26-14-17)27-25(30)28-23-20-7-1-5-18(20)13-19-6-2-8-21(19)23/h3-4,11,13-14,16,22H,1-2,5-10,12,15H2,(H2,27,28,30). The number of pyridine rings is 1. The Balaban J connectivity index is 1.32. The van der Waals surface area contributed by atoms with Crippen molar-refractivity contribution in [2.45, 2.75) is 63.8 Å². The quantitative estimate of drug-likeness (QED) is 0.670. The first kappa shape index (κ1) is 20.0. The van der Waals surface area contributed by atoms with Gasteiger partial charge in [-0.25, -0.2) is 9.59 Å². The van der Waals surface area contributed by atoms with E-state index in [0.29, 0.717) is 18.9 Å². The van der Waals surface area contributed by atoms with Crippen LogP contribution in [0.2, 0.25) is 0 Å². The van der Waals surface area contributed by atoms with Crippen molar-refractivity contribution in [1.82, 2.24) is 10.3 Å². The van der Waals surface area contributed by atoms with Crippen molar-refractivity contribution in [3.8, 4) is 0 Å². The number of esters is 1. The Morgan fingerprint density at radius 3 is 2.48 bits per heavy atom. The topological polar surface area (TPSA) is 80.3 Å². The second-order valence-electron chi connectivity index (χ2n) is 9.02. The summed E-state index contributed by atoms with van der Waals surface area (Å²) in [6.07, 6.45) is 12.4. The number of amides is 2. The van der Waals surface area contributed by atoms with Crippen LogP contribution in [-0.2, 0) is 41.6 Å². The van der Waals surface area contributed by atoms with Crippen LogP contribution in [0.4, 0.5) is 10.5 Å². The maximum Gasteiger partial charge on any atom is 0.329 e. The number of urea groups is 1. The van der Waals surface area contributed by atoms with Gasteiger partial charge in [0.2, 0.25) is 0 Å². The van der Waals surface area contributed by atoms with E-state index in [1.165, 1.54) is 22.3 Å². The molecule has 1 saturated carbocycles. The van der Waals surface area contributed by atoms with Crippen LogP contribution in [0.3, 0.4) is 0 Å². The number of fused-ring (bicyclic) bond motifs is 2. The van der Waals surface area contributed by atoms with Crippen LogP contribution in [-0.4, -0.2) is 29.6 Å². The number of hydrogen-bond acceptors (Lipinski definition) is 4. The van der Waals surface area contributed by atoms with E-state index in [2.05, 4.69) is 21.7 Å². The molecule has 2 amide bonds. The number of carbonyl (C=O) groups excluding carboxylic acids is 2. The van der Waals surface area contributed by atoms with Crippen molar-refractivity contribution in [2.75, 3.05) is 11.9 Å². The predicted molar refractivity (Wildman–Crippen MR) is 118 cm³/mol. The fourth-order valence-electron chi connectivity index (χ4n) is 4.81. The SMILES string of the molecule is O=C(Nc1c2c(cc3c1CCC3)CCC2)NC(Cc1cccnc1)C(=O)OCC1CC1. The Morgan fingerprint density at radius 1 is 1.10 bits per heavy atom. The molecule has 0 saturated heterocycles. The number of nitrogens with zero attached hydrogens (tertiary/aromatic N) is 1. The van der Waals surface area contributed by atoms with E-state index in [1.54, 1.807) is 12.4 Å². The van der Waals surface area contributed by atoms with Gasteiger partial charge < -0.3 is 15.4 Å². The zero-order chi connectivity index (χ0) is 21.2. The average Bonchev–Trinajstić information content (AvgIpc) is 3.27. The number of ether oxygens (including phenoxy) is 1. The monoisotopic (exact) mass is 419 g/mol. The lowest BCUT2D eigenvalue weighted by molar-refractivity contribution is -0.146. The first-order valence-electron chi connectivity index (χ1n) is 11.5. The molecule has 1 unspecified atom stereocenters. The lowest BCUT2D eigenvalue weighted by Crippen LogP contribution is -2.45. The summed E-state index contributed by atoms with van der Waals surface area (Å²) in [5, 5.41) is 6.01. The molecular formula is C25H29N3O3. The number of benzene rings is 1. The highest BCUT2D eigenvalue weighted by molar-refractivity contribution is 5.94. The van der Waals surface area contributed by atoms with Crippen LogP contribution in [0.25, 0.3) is 0 Å². The third kappa shape index (κ3) is 4.58. The van der Waals surface area contributed by atoms with Crippen molar-refractivity contribution in [3.05, 3.63) is 58.4 Å². The summed E-state index contributed by atoms with van der Waals surface area (Å²) in [5.41, 5.74) is 7.15. The van der Waals surface area contributed by atoms with Gasteiger partial charge in [-0.3, -0.25) is 4.98 Å². The molecule has 6 nitrogen and oxygen atoms in total. The largest absolute Gasteiger partial charge is 0.464 e. The highest BCUT2D eigenvalue weighted by atomic mass is 16.5. The number of rotatable bonds is 7. The molecule has 1 aromatic heterocycles. The minimum atomic E-state index is -0.743. The van der Waals surface area contributed by atoms with Gasteiger partial charge in [0.05, 0.1) is 6.61 Å². The highest BCUT2D eigenvalue weighted by Crippen LogP contribution is 2.38. The van der Waals surface area contributed by atoms with E-state index in [1.807, 2.05) is 12.1 Å². The van der Waals surface area contributed by atoms with E-state index in [9.17, 15) is 9.59 Å². The van der Waals surface area contributed by atoms with Crippen LogP contribution in [0.15, 0.2) is 30.6 Å². The van der Waals surface area contributed by atoms with Gasteiger partial charge in [0, 0.05) is 24.5 Å². The molecule has 1 fully saturated rings. The molecule has 2 aromatic rings. The van der Waals surface area contributed by atoms with Crippen LogP contribution >= 0.6 is 0 Å². The molecular weight excluding hydrogens is 390 g/mol. The lowest BCUT2D eigenvalue weighted by atomic mass is 9.99. The first-order chi connectivity index (χ1) is 15.2. The summed E-state index contributed by atoms with van der Waals surface area (Å²) in [7, 11) is 0. The molecule has 0 radical (unpaired) electrons. The van der Waals surface area contributed by atoms with Gasteiger partial charge in [0.1, 0.15) is 6.04 Å². The summed E-state index contributed by atoms with van der Waals surface area (Å²) in [6, 6.07) is 5.00. The molecule has 5 rings (SSSR count). The summed E-state index contributed by atoms with van der Waals surface area (Å²) >= 11 is 0. The molecule has 0 aliphatic heterocycles. The molecule has 0 bridgehead atoms. The summed E-state index contributed by atoms with van der Waals surface area (Å²) in [4.78, 5) is 29.9. The maximum atomic E-state index is 13.0. The van der Waals surface area contributed by atoms with Crippen molar-refractivity contribution >= 4 is 17.7 Å². The third-order valence-electron chi connectivity index (χ3n) is 6.62. The fraction of sp³-hybridized carbons (Fsp3) is 0.480. The normalized spacial score (nSPS) is 17.5. The summed E-state index contributed by atoms with van der Waals surface area (Å²) in [6.45, 7) is 0.436. The Kier molecular flexibility index (Phi) is 5.62. The van der Waals surface area contributed by atoms with E-state index >= 15 is 0 Å². The van der Waals surface area contributed by atoms with Gasteiger partial charge >= 0.3 is 12.0 Å². The van der Waals surface area contributed by atoms with Crippen molar-refractivity contribution in [2.24, 2.45) is 5.92 Å². The fourth-order valence-corrected chi connectivity index (χ4v) is 4.81. The molecule has 1 heterocycles. The Bertz CT molecular complexity index is 953. The van der Waals surface area contributed by atoms with Gasteiger partial charge in [-0.2, -0.15) is 0 Å². The first-order valence-corrected chi connectivity index (χ1v) is 11.5. The predicted octanol–water partition coefficient (Wildman–Crippen LogP) is 3.75. The second kappa shape index (κ2) is 8.69. The summed E-state index contributed by atoms with van der Waals surface area (Å²) < 4.78 is 5.50. The van der Waals surface area contributed by atoms with Crippen LogP contribution in [0.5, 0.6) is 0 Å². The van der Waals surface area contributed by atoms with Crippen LogP contribution < -0.4 is 10.6 Å². The molecule has 1 aromatic carbocycles. The van der Waals surface area contributed by atoms with Crippen LogP contribution in [0, 0.1) is 5.92 Å². The maximum absolute atomic E-state index is 13.0. The van der Waals surface area contributed by atoms with Gasteiger partial charge in [-0.15, -0.1) is 0 Å². The van der Waals surface area contributed by atoms with E-state index < -0.39 is 6.04 Å². The van der Waals surface area contributed by atoms with Gasteiger partial charge in [0.25, 0.3) is 0 Å². The lowest BCUT2D eigenvalue weighted by Gasteiger charge is -2.20. The molecule has 1 atom stereocenters. The number of aromatic nitrogens is 1.